The molecule has 0 radical (unpaired) electrons. The van der Waals surface area contributed by atoms with Gasteiger partial charge in [-0.25, -0.2) is 0 Å². The quantitative estimate of drug-likeness (QED) is 0.862. The van der Waals surface area contributed by atoms with Crippen LogP contribution in [0.15, 0.2) is 24.3 Å². The van der Waals surface area contributed by atoms with Gasteiger partial charge < -0.3 is 14.6 Å². The molecular weight excluding hydrogens is 256 g/mol. The zero-order valence-electron chi connectivity index (χ0n) is 11.7. The van der Waals surface area contributed by atoms with Crippen LogP contribution in [0.2, 0.25) is 0 Å². The minimum absolute atomic E-state index is 0.0438. The summed E-state index contributed by atoms with van der Waals surface area (Å²) >= 11 is 0. The molecule has 0 amide bonds. The van der Waals surface area contributed by atoms with Crippen molar-refractivity contribution in [1.82, 2.24) is 0 Å². The number of hydrogen-bond donors (Lipinski definition) is 1. The Morgan fingerprint density at radius 1 is 1.35 bits per heavy atom. The van der Waals surface area contributed by atoms with Crippen molar-refractivity contribution in [3.05, 3.63) is 29.8 Å². The van der Waals surface area contributed by atoms with Crippen LogP contribution < -0.4 is 4.74 Å². The van der Waals surface area contributed by atoms with Crippen LogP contribution in [0.5, 0.6) is 5.75 Å². The van der Waals surface area contributed by atoms with Gasteiger partial charge in [0.15, 0.2) is 0 Å². The highest BCUT2D eigenvalue weighted by atomic mass is 16.5. The van der Waals surface area contributed by atoms with Gasteiger partial charge in [0.2, 0.25) is 0 Å². The lowest BCUT2D eigenvalue weighted by Crippen LogP contribution is -2.50. The molecule has 3 rings (SSSR count). The third kappa shape index (κ3) is 1.82. The monoisotopic (exact) mass is 276 g/mol. The second-order valence-corrected chi connectivity index (χ2v) is 5.64. The minimum atomic E-state index is -1.27. The van der Waals surface area contributed by atoms with E-state index in [1.165, 1.54) is 0 Å². The molecule has 1 saturated carbocycles. The van der Waals surface area contributed by atoms with Crippen LogP contribution in [0.1, 0.15) is 44.6 Å². The van der Waals surface area contributed by atoms with Crippen molar-refractivity contribution in [1.29, 1.82) is 0 Å². The van der Waals surface area contributed by atoms with E-state index >= 15 is 0 Å². The van der Waals surface area contributed by atoms with Gasteiger partial charge in [-0.15, -0.1) is 0 Å². The Kier molecular flexibility index (Phi) is 3.21. The van der Waals surface area contributed by atoms with E-state index in [0.717, 1.165) is 31.2 Å². The third-order valence-electron chi connectivity index (χ3n) is 4.51. The van der Waals surface area contributed by atoms with E-state index in [2.05, 4.69) is 0 Å². The summed E-state index contributed by atoms with van der Waals surface area (Å²) < 4.78 is 11.1. The molecular formula is C16H20O4. The average Bonchev–Trinajstić information content (AvgIpc) is 2.97. The lowest BCUT2D eigenvalue weighted by Gasteiger charge is -2.37. The summed E-state index contributed by atoms with van der Waals surface area (Å²) in [7, 11) is 0. The highest BCUT2D eigenvalue weighted by molar-refractivity contribution is 5.72. The van der Waals surface area contributed by atoms with Crippen LogP contribution >= 0.6 is 0 Å². The SMILES string of the molecule is CCOC(=O)CC1(O)c2ccccc2OC12CCCC2. The van der Waals surface area contributed by atoms with Gasteiger partial charge in [-0.05, 0) is 38.7 Å². The van der Waals surface area contributed by atoms with Crippen molar-refractivity contribution >= 4 is 5.97 Å². The maximum absolute atomic E-state index is 11.9. The number of para-hydroxylation sites is 1. The summed E-state index contributed by atoms with van der Waals surface area (Å²) in [4.78, 5) is 11.9. The molecule has 108 valence electrons. The summed E-state index contributed by atoms with van der Waals surface area (Å²) in [5, 5.41) is 11.3. The normalized spacial score (nSPS) is 26.3. The Morgan fingerprint density at radius 3 is 2.75 bits per heavy atom. The van der Waals surface area contributed by atoms with E-state index in [1.54, 1.807) is 6.92 Å². The molecule has 4 nitrogen and oxygen atoms in total. The zero-order valence-corrected chi connectivity index (χ0v) is 11.7. The molecule has 1 aromatic rings. The number of rotatable bonds is 3. The Bertz CT molecular complexity index is 519. The molecule has 1 spiro atoms. The van der Waals surface area contributed by atoms with Crippen LogP contribution in [0, 0.1) is 0 Å². The summed E-state index contributed by atoms with van der Waals surface area (Å²) in [6.07, 6.45) is 3.53. The van der Waals surface area contributed by atoms with Crippen LogP contribution in [-0.4, -0.2) is 23.3 Å². The van der Waals surface area contributed by atoms with E-state index in [-0.39, 0.29) is 12.4 Å². The Morgan fingerprint density at radius 2 is 2.05 bits per heavy atom. The van der Waals surface area contributed by atoms with Crippen LogP contribution in [0.25, 0.3) is 0 Å². The van der Waals surface area contributed by atoms with Gasteiger partial charge in [-0.1, -0.05) is 18.2 Å². The average molecular weight is 276 g/mol. The van der Waals surface area contributed by atoms with Gasteiger partial charge in [0.25, 0.3) is 0 Å². The lowest BCUT2D eigenvalue weighted by atomic mass is 9.76. The number of carbonyl (C=O) groups is 1. The molecule has 4 heteroatoms. The molecule has 1 aromatic carbocycles. The molecule has 0 bridgehead atoms. The Labute approximate surface area is 118 Å². The summed E-state index contributed by atoms with van der Waals surface area (Å²) in [6, 6.07) is 7.46. The topological polar surface area (TPSA) is 55.8 Å². The molecule has 1 aliphatic carbocycles. The fourth-order valence-electron chi connectivity index (χ4n) is 3.58. The maximum Gasteiger partial charge on any atom is 0.309 e. The van der Waals surface area contributed by atoms with Crippen LogP contribution in [0.3, 0.4) is 0 Å². The summed E-state index contributed by atoms with van der Waals surface area (Å²) in [6.45, 7) is 2.09. The fraction of sp³-hybridized carbons (Fsp3) is 0.562. The number of benzene rings is 1. The van der Waals surface area contributed by atoms with E-state index in [1.807, 2.05) is 24.3 Å². The van der Waals surface area contributed by atoms with E-state index in [4.69, 9.17) is 9.47 Å². The van der Waals surface area contributed by atoms with Gasteiger partial charge >= 0.3 is 5.97 Å². The summed E-state index contributed by atoms with van der Waals surface area (Å²) in [5.74, 6) is 0.322. The van der Waals surface area contributed by atoms with Crippen molar-refractivity contribution in [3.8, 4) is 5.75 Å². The number of esters is 1. The van der Waals surface area contributed by atoms with E-state index in [0.29, 0.717) is 12.4 Å². The van der Waals surface area contributed by atoms with Gasteiger partial charge in [-0.2, -0.15) is 0 Å². The fourth-order valence-corrected chi connectivity index (χ4v) is 3.58. The first-order valence-electron chi connectivity index (χ1n) is 7.28. The van der Waals surface area contributed by atoms with Crippen molar-refractivity contribution in [2.75, 3.05) is 6.61 Å². The minimum Gasteiger partial charge on any atom is -0.483 e. The molecule has 20 heavy (non-hydrogen) atoms. The molecule has 1 aliphatic heterocycles. The predicted molar refractivity (Wildman–Crippen MR) is 73.4 cm³/mol. The maximum atomic E-state index is 11.9. The first-order valence-corrected chi connectivity index (χ1v) is 7.28. The standard InChI is InChI=1S/C16H20O4/c1-2-19-14(17)11-16(18)12-7-3-4-8-13(12)20-15(16)9-5-6-10-15/h3-4,7-8,18H,2,5-6,9-11H2,1H3. The molecule has 1 unspecified atom stereocenters. The highest BCUT2D eigenvalue weighted by Gasteiger charge is 2.61. The number of carbonyl (C=O) groups excluding carboxylic acids is 1. The molecule has 1 fully saturated rings. The highest BCUT2D eigenvalue weighted by Crippen LogP contribution is 2.56. The third-order valence-corrected chi connectivity index (χ3v) is 4.51. The van der Waals surface area contributed by atoms with Crippen molar-refractivity contribution < 1.29 is 19.4 Å². The van der Waals surface area contributed by atoms with Gasteiger partial charge in [0.1, 0.15) is 17.0 Å². The Hall–Kier alpha value is -1.55. The number of fused-ring (bicyclic) bond motifs is 1. The lowest BCUT2D eigenvalue weighted by molar-refractivity contribution is -0.162. The molecule has 2 aliphatic rings. The van der Waals surface area contributed by atoms with Gasteiger partial charge in [0.05, 0.1) is 13.0 Å². The molecule has 1 heterocycles. The van der Waals surface area contributed by atoms with Crippen molar-refractivity contribution in [3.63, 3.8) is 0 Å². The molecule has 1 N–H and O–H groups in total. The van der Waals surface area contributed by atoms with E-state index < -0.39 is 11.2 Å². The van der Waals surface area contributed by atoms with Crippen molar-refractivity contribution in [2.45, 2.75) is 50.2 Å². The van der Waals surface area contributed by atoms with Gasteiger partial charge in [0, 0.05) is 5.56 Å². The van der Waals surface area contributed by atoms with Gasteiger partial charge in [-0.3, -0.25) is 4.79 Å². The second-order valence-electron chi connectivity index (χ2n) is 5.64. The second kappa shape index (κ2) is 4.77. The Balaban J connectivity index is 2.00. The largest absolute Gasteiger partial charge is 0.483 e. The predicted octanol–water partition coefficient (Wildman–Crippen LogP) is 2.53. The van der Waals surface area contributed by atoms with Crippen LogP contribution in [-0.2, 0) is 15.1 Å². The molecule has 1 atom stereocenters. The summed E-state index contributed by atoms with van der Waals surface area (Å²) in [5.41, 5.74) is -1.22. The van der Waals surface area contributed by atoms with E-state index in [9.17, 15) is 9.90 Å². The first kappa shape index (κ1) is 13.4. The smallest absolute Gasteiger partial charge is 0.309 e. The van der Waals surface area contributed by atoms with Crippen LogP contribution in [0.4, 0.5) is 0 Å². The molecule has 0 saturated heterocycles. The number of aliphatic hydroxyl groups is 1. The number of hydrogen-bond acceptors (Lipinski definition) is 4. The zero-order chi connectivity index (χ0) is 14.2. The first-order chi connectivity index (χ1) is 9.61. The van der Waals surface area contributed by atoms with Crippen molar-refractivity contribution in [2.24, 2.45) is 0 Å². The number of ether oxygens (including phenoxy) is 2. The molecule has 0 aromatic heterocycles.